The Morgan fingerprint density at radius 3 is 2.45 bits per heavy atom. The van der Waals surface area contributed by atoms with Gasteiger partial charge in [0.15, 0.2) is 0 Å². The van der Waals surface area contributed by atoms with E-state index in [0.29, 0.717) is 29.6 Å². The van der Waals surface area contributed by atoms with Crippen molar-refractivity contribution in [1.82, 2.24) is 0 Å². The Bertz CT molecular complexity index is 623. The predicted molar refractivity (Wildman–Crippen MR) is 129 cm³/mol. The fourth-order valence-electron chi connectivity index (χ4n) is 8.62. The average molecular weight is 433 g/mol. The molecule has 0 aliphatic heterocycles. The molecule has 0 aromatic rings. The van der Waals surface area contributed by atoms with Crippen molar-refractivity contribution in [2.24, 2.45) is 52.3 Å². The number of hydrogen-bond acceptors (Lipinski definition) is 1. The van der Waals surface area contributed by atoms with Gasteiger partial charge in [-0.1, -0.05) is 53.9 Å². The highest BCUT2D eigenvalue weighted by Gasteiger charge is 2.59. The quantitative estimate of drug-likeness (QED) is 0.371. The van der Waals surface area contributed by atoms with Gasteiger partial charge in [-0.2, -0.15) is 0 Å². The number of terminal acetylenes is 1. The van der Waals surface area contributed by atoms with Crippen LogP contribution in [-0.4, -0.2) is 17.9 Å². The van der Waals surface area contributed by atoms with Crippen molar-refractivity contribution >= 4 is 0 Å². The minimum absolute atomic E-state index is 0.127. The smallest absolute Gasteiger partial charge is 0.123 e. The van der Waals surface area contributed by atoms with Crippen molar-refractivity contribution in [1.29, 1.82) is 0 Å². The lowest BCUT2D eigenvalue weighted by molar-refractivity contribution is -0.0887. The van der Waals surface area contributed by atoms with Gasteiger partial charge in [0.25, 0.3) is 0 Å². The van der Waals surface area contributed by atoms with E-state index in [9.17, 15) is 9.50 Å². The van der Waals surface area contributed by atoms with Crippen LogP contribution in [0.3, 0.4) is 0 Å². The molecule has 0 radical (unpaired) electrons. The Kier molecular flexibility index (Phi) is 8.22. The number of rotatable bonds is 9. The molecule has 0 amide bonds. The molecular weight excluding hydrogens is 383 g/mol. The molecule has 31 heavy (non-hydrogen) atoms. The lowest BCUT2D eigenvalue weighted by atomic mass is 9.46. The van der Waals surface area contributed by atoms with E-state index >= 15 is 0 Å². The molecule has 0 bridgehead atoms. The topological polar surface area (TPSA) is 20.2 Å². The number of hydrogen-bond donors (Lipinski definition) is 1. The summed E-state index contributed by atoms with van der Waals surface area (Å²) in [5.74, 6) is 8.11. The second-order valence-electron chi connectivity index (χ2n) is 12.7. The Balaban J connectivity index is 1.74. The zero-order valence-corrected chi connectivity index (χ0v) is 21.0. The summed E-state index contributed by atoms with van der Waals surface area (Å²) < 4.78 is 13.9. The molecule has 3 aliphatic carbocycles. The molecule has 0 heterocycles. The van der Waals surface area contributed by atoms with Crippen LogP contribution in [0.25, 0.3) is 0 Å². The van der Waals surface area contributed by atoms with Gasteiger partial charge in [-0.25, -0.2) is 4.39 Å². The summed E-state index contributed by atoms with van der Waals surface area (Å²) in [4.78, 5) is 0. The molecule has 3 rings (SSSR count). The largest absolute Gasteiger partial charge is 0.393 e. The SMILES string of the molecule is C#CC1CC2C(CCC3(C)C(C(C)CCCC(C)C)CCC23)C(C)(CCC(F)CO)C1. The fourth-order valence-corrected chi connectivity index (χ4v) is 8.62. The van der Waals surface area contributed by atoms with Crippen molar-refractivity contribution in [3.05, 3.63) is 0 Å². The number of fused-ring (bicyclic) bond motifs is 3. The third-order valence-electron chi connectivity index (χ3n) is 10.3. The lowest BCUT2D eigenvalue weighted by Crippen LogP contribution is -2.51. The van der Waals surface area contributed by atoms with Crippen LogP contribution in [0.5, 0.6) is 0 Å². The molecule has 3 aliphatic rings. The maximum Gasteiger partial charge on any atom is 0.123 e. The predicted octanol–water partition coefficient (Wildman–Crippen LogP) is 7.67. The summed E-state index contributed by atoms with van der Waals surface area (Å²) in [5.41, 5.74) is 0.589. The number of aliphatic hydroxyl groups excluding tert-OH is 1. The first kappa shape index (κ1) is 25.1. The first-order chi connectivity index (χ1) is 14.6. The standard InChI is InChI=1S/C29H49FO/c1-7-22-17-24-26(28(5,18-22)15-13-23(30)19-31)14-16-29(6)25(11-12-27(24)29)21(4)10-8-9-20(2)3/h1,20-27,31H,8-19H2,2-6H3. The van der Waals surface area contributed by atoms with E-state index in [2.05, 4.69) is 40.5 Å². The van der Waals surface area contributed by atoms with Gasteiger partial charge in [-0.3, -0.25) is 0 Å². The molecule has 3 fully saturated rings. The van der Waals surface area contributed by atoms with Gasteiger partial charge in [0.2, 0.25) is 0 Å². The Labute approximate surface area is 192 Å². The maximum absolute atomic E-state index is 13.9. The summed E-state index contributed by atoms with van der Waals surface area (Å²) in [6, 6.07) is 0. The molecular formula is C29H49FO. The van der Waals surface area contributed by atoms with Crippen LogP contribution in [0, 0.1) is 64.6 Å². The molecule has 3 saturated carbocycles. The normalized spacial score (nSPS) is 42.0. The highest BCUT2D eigenvalue weighted by atomic mass is 19.1. The zero-order valence-electron chi connectivity index (χ0n) is 21.0. The van der Waals surface area contributed by atoms with E-state index in [4.69, 9.17) is 6.42 Å². The van der Waals surface area contributed by atoms with E-state index in [1.54, 1.807) is 0 Å². The molecule has 0 spiro atoms. The first-order valence-electron chi connectivity index (χ1n) is 13.4. The van der Waals surface area contributed by atoms with Crippen LogP contribution in [-0.2, 0) is 0 Å². The second-order valence-corrected chi connectivity index (χ2v) is 12.7. The molecule has 9 atom stereocenters. The van der Waals surface area contributed by atoms with Gasteiger partial charge in [-0.05, 0) is 97.7 Å². The summed E-state index contributed by atoms with van der Waals surface area (Å²) in [7, 11) is 0. The third kappa shape index (κ3) is 5.18. The second kappa shape index (κ2) is 10.2. The molecule has 2 heteroatoms. The highest BCUT2D eigenvalue weighted by molar-refractivity contribution is 5.11. The minimum Gasteiger partial charge on any atom is -0.393 e. The van der Waals surface area contributed by atoms with E-state index in [1.165, 1.54) is 51.4 Å². The van der Waals surface area contributed by atoms with Crippen LogP contribution >= 0.6 is 0 Å². The van der Waals surface area contributed by atoms with E-state index in [1.807, 2.05) is 0 Å². The Hall–Kier alpha value is -0.550. The van der Waals surface area contributed by atoms with Gasteiger partial charge < -0.3 is 5.11 Å². The van der Waals surface area contributed by atoms with E-state index < -0.39 is 6.17 Å². The maximum atomic E-state index is 13.9. The summed E-state index contributed by atoms with van der Waals surface area (Å²) in [6.45, 7) is 11.9. The van der Waals surface area contributed by atoms with Crippen LogP contribution in [0.1, 0.15) is 105 Å². The molecule has 9 unspecified atom stereocenters. The van der Waals surface area contributed by atoms with Crippen molar-refractivity contribution < 1.29 is 9.50 Å². The van der Waals surface area contributed by atoms with Crippen molar-refractivity contribution in [2.75, 3.05) is 6.61 Å². The van der Waals surface area contributed by atoms with Crippen LogP contribution < -0.4 is 0 Å². The Morgan fingerprint density at radius 2 is 1.81 bits per heavy atom. The summed E-state index contributed by atoms with van der Waals surface area (Å²) in [5, 5.41) is 9.20. The first-order valence-corrected chi connectivity index (χ1v) is 13.4. The molecule has 0 saturated heterocycles. The minimum atomic E-state index is -1.09. The molecule has 0 aromatic heterocycles. The molecule has 178 valence electrons. The van der Waals surface area contributed by atoms with E-state index in [0.717, 1.165) is 36.5 Å². The third-order valence-corrected chi connectivity index (χ3v) is 10.3. The molecule has 1 nitrogen and oxygen atoms in total. The van der Waals surface area contributed by atoms with Crippen LogP contribution in [0.4, 0.5) is 4.39 Å². The van der Waals surface area contributed by atoms with Crippen LogP contribution in [0.15, 0.2) is 0 Å². The van der Waals surface area contributed by atoms with Gasteiger partial charge >= 0.3 is 0 Å². The number of alkyl halides is 1. The fraction of sp³-hybridized carbons (Fsp3) is 0.931. The number of aliphatic hydroxyl groups is 1. The molecule has 1 N–H and O–H groups in total. The van der Waals surface area contributed by atoms with Crippen molar-refractivity contribution in [3.8, 4) is 12.3 Å². The highest BCUT2D eigenvalue weighted by Crippen LogP contribution is 2.67. The van der Waals surface area contributed by atoms with Gasteiger partial charge in [0, 0.05) is 5.92 Å². The number of halogens is 1. The average Bonchev–Trinajstić information content (AvgIpc) is 3.09. The van der Waals surface area contributed by atoms with Crippen molar-refractivity contribution in [2.45, 2.75) is 111 Å². The monoisotopic (exact) mass is 432 g/mol. The lowest BCUT2D eigenvalue weighted by Gasteiger charge is -2.58. The van der Waals surface area contributed by atoms with Gasteiger partial charge in [0.1, 0.15) is 6.17 Å². The summed E-state index contributed by atoms with van der Waals surface area (Å²) >= 11 is 0. The summed E-state index contributed by atoms with van der Waals surface area (Å²) in [6.07, 6.45) is 18.0. The molecule has 0 aromatic carbocycles. The van der Waals surface area contributed by atoms with Crippen molar-refractivity contribution in [3.63, 3.8) is 0 Å². The zero-order chi connectivity index (χ0) is 22.8. The van der Waals surface area contributed by atoms with Crippen LogP contribution in [0.2, 0.25) is 0 Å². The van der Waals surface area contributed by atoms with E-state index in [-0.39, 0.29) is 12.0 Å². The Morgan fingerprint density at radius 1 is 1.06 bits per heavy atom. The van der Waals surface area contributed by atoms with Gasteiger partial charge in [-0.15, -0.1) is 12.3 Å². The van der Waals surface area contributed by atoms with Gasteiger partial charge in [0.05, 0.1) is 6.61 Å².